The Balaban J connectivity index is 1.85. The van der Waals surface area contributed by atoms with Crippen molar-refractivity contribution in [1.82, 2.24) is 0 Å². The number of alkyl halides is 5. The molecule has 1 atom stereocenters. The molecule has 1 unspecified atom stereocenters. The second-order valence-corrected chi connectivity index (χ2v) is 9.41. The molecule has 2 aromatic carbocycles. The molecule has 0 saturated heterocycles. The van der Waals surface area contributed by atoms with Crippen LogP contribution in [0.1, 0.15) is 24.8 Å². The van der Waals surface area contributed by atoms with Crippen LogP contribution >= 0.6 is 0 Å². The van der Waals surface area contributed by atoms with Crippen LogP contribution in [0.2, 0.25) is 0 Å². The summed E-state index contributed by atoms with van der Waals surface area (Å²) in [6.45, 7) is -0.898. The van der Waals surface area contributed by atoms with Crippen LogP contribution in [-0.4, -0.2) is 33.7 Å². The Morgan fingerprint density at radius 3 is 2.34 bits per heavy atom. The first-order valence-corrected chi connectivity index (χ1v) is 10.8. The summed E-state index contributed by atoms with van der Waals surface area (Å²) in [7, 11) is -2.94. The van der Waals surface area contributed by atoms with Gasteiger partial charge >= 0.3 is 17.4 Å². The summed E-state index contributed by atoms with van der Waals surface area (Å²) < 4.78 is 88.5. The Labute approximate surface area is 182 Å². The average molecular weight is 475 g/mol. The molecule has 32 heavy (non-hydrogen) atoms. The molecule has 5 nitrogen and oxygen atoms in total. The number of nitrogens with zero attached hydrogens (tertiary/aromatic N) is 1. The second-order valence-electron chi connectivity index (χ2n) is 7.83. The maximum absolute atomic E-state index is 14.5. The summed E-state index contributed by atoms with van der Waals surface area (Å²) in [6.07, 6.45) is -5.27. The first-order valence-electron chi connectivity index (χ1n) is 9.68. The van der Waals surface area contributed by atoms with E-state index in [1.807, 2.05) is 0 Å². The van der Waals surface area contributed by atoms with Crippen molar-refractivity contribution in [2.24, 2.45) is 5.41 Å². The van der Waals surface area contributed by atoms with Crippen LogP contribution in [0.25, 0.3) is 0 Å². The van der Waals surface area contributed by atoms with Crippen molar-refractivity contribution < 1.29 is 40.8 Å². The Morgan fingerprint density at radius 1 is 1.12 bits per heavy atom. The number of para-hydroxylation sites is 1. The minimum Gasteiger partial charge on any atom is -0.492 e. The lowest BCUT2D eigenvalue weighted by molar-refractivity contribution is -0.144. The average Bonchev–Trinajstić information content (AvgIpc) is 3.53. The summed E-state index contributed by atoms with van der Waals surface area (Å²) in [5.41, 5.74) is -2.44. The second kappa shape index (κ2) is 7.72. The van der Waals surface area contributed by atoms with Gasteiger partial charge < -0.3 is 14.7 Å². The van der Waals surface area contributed by atoms with Crippen molar-refractivity contribution in [1.29, 1.82) is 0 Å². The van der Waals surface area contributed by atoms with Crippen LogP contribution in [-0.2, 0) is 21.8 Å². The van der Waals surface area contributed by atoms with E-state index in [0.717, 1.165) is 0 Å². The number of hydrogen-bond donors (Lipinski definition) is 1. The highest BCUT2D eigenvalue weighted by Gasteiger charge is 2.52. The maximum atomic E-state index is 14.5. The van der Waals surface area contributed by atoms with Gasteiger partial charge in [-0.15, -0.1) is 0 Å². The zero-order chi connectivity index (χ0) is 23.3. The number of benzene rings is 2. The minimum absolute atomic E-state index is 0.237. The number of carboxylic acid groups (broad SMARTS) is 1. The topological polar surface area (TPSA) is 66.8 Å². The quantitative estimate of drug-likeness (QED) is 0.603. The number of anilines is 2. The zero-order valence-corrected chi connectivity index (χ0v) is 17.3. The lowest BCUT2D eigenvalue weighted by Crippen LogP contribution is -2.25. The normalized spacial score (nSPS) is 21.4. The maximum Gasteiger partial charge on any atom is 0.420 e. The molecule has 1 heterocycles. The lowest BCUT2D eigenvalue weighted by Gasteiger charge is -2.26. The third-order valence-electron chi connectivity index (χ3n) is 5.63. The molecule has 11 heteroatoms. The highest BCUT2D eigenvalue weighted by atomic mass is 32.2. The lowest BCUT2D eigenvalue weighted by atomic mass is 10.1. The molecular weight excluding hydrogens is 457 g/mol. The van der Waals surface area contributed by atoms with Gasteiger partial charge in [-0.25, -0.2) is 4.21 Å². The number of halogens is 5. The Kier molecular flexibility index (Phi) is 5.43. The molecule has 2 aliphatic rings. The van der Waals surface area contributed by atoms with Crippen LogP contribution < -0.4 is 9.64 Å². The number of carbonyl (C=O) groups is 1. The summed E-state index contributed by atoms with van der Waals surface area (Å²) in [6, 6.07) is 9.35. The minimum atomic E-state index is -4.91. The number of carboxylic acids is 1. The number of rotatable bonds is 5. The van der Waals surface area contributed by atoms with Crippen LogP contribution in [0, 0.1) is 5.41 Å². The first-order chi connectivity index (χ1) is 14.9. The van der Waals surface area contributed by atoms with Crippen LogP contribution in [0.4, 0.5) is 33.3 Å². The Morgan fingerprint density at radius 2 is 1.78 bits per heavy atom. The smallest absolute Gasteiger partial charge is 0.420 e. The van der Waals surface area contributed by atoms with Gasteiger partial charge in [0.25, 0.3) is 0 Å². The standard InChI is InChI=1S/C21H18F5NO4S/c22-20(23)8-9-27(13-4-2-1-3-5-13)15-10-14(21(24,25)26)16(11-17(15)32(20)30)31-12-19(6-7-19)18(28)29/h1-5,10-11H,6-9,12H2,(H,28,29). The van der Waals surface area contributed by atoms with E-state index >= 15 is 0 Å². The highest BCUT2D eigenvalue weighted by molar-refractivity contribution is 7.86. The van der Waals surface area contributed by atoms with E-state index in [-0.39, 0.29) is 25.1 Å². The van der Waals surface area contributed by atoms with Gasteiger partial charge in [-0.2, -0.15) is 22.0 Å². The summed E-state index contributed by atoms with van der Waals surface area (Å²) in [5.74, 6) is -2.02. The van der Waals surface area contributed by atoms with Crippen molar-refractivity contribution in [3.63, 3.8) is 0 Å². The molecule has 2 aromatic rings. The number of ether oxygens (including phenoxy) is 1. The van der Waals surface area contributed by atoms with E-state index in [9.17, 15) is 36.1 Å². The molecule has 1 saturated carbocycles. The third-order valence-corrected chi connectivity index (χ3v) is 7.11. The van der Waals surface area contributed by atoms with Gasteiger partial charge in [0.2, 0.25) is 0 Å². The number of fused-ring (bicyclic) bond motifs is 1. The summed E-state index contributed by atoms with van der Waals surface area (Å²) >= 11 is 0. The predicted molar refractivity (Wildman–Crippen MR) is 106 cm³/mol. The van der Waals surface area contributed by atoms with Gasteiger partial charge in [-0.05, 0) is 37.1 Å². The number of aliphatic carboxylic acids is 1. The fourth-order valence-electron chi connectivity index (χ4n) is 3.53. The van der Waals surface area contributed by atoms with Crippen LogP contribution in [0.15, 0.2) is 47.4 Å². The zero-order valence-electron chi connectivity index (χ0n) is 16.5. The third kappa shape index (κ3) is 4.05. The van der Waals surface area contributed by atoms with Gasteiger partial charge in [-0.3, -0.25) is 4.79 Å². The van der Waals surface area contributed by atoms with Crippen LogP contribution in [0.3, 0.4) is 0 Å². The number of hydrogen-bond acceptors (Lipinski definition) is 4. The molecule has 1 aliphatic carbocycles. The van der Waals surface area contributed by atoms with Gasteiger partial charge in [0, 0.05) is 18.7 Å². The molecule has 0 bridgehead atoms. The Bertz CT molecular complexity index is 1070. The van der Waals surface area contributed by atoms with E-state index in [2.05, 4.69) is 0 Å². The van der Waals surface area contributed by atoms with E-state index in [4.69, 9.17) is 4.74 Å². The molecule has 1 N–H and O–H groups in total. The van der Waals surface area contributed by atoms with Gasteiger partial charge in [0.1, 0.15) is 28.6 Å². The van der Waals surface area contributed by atoms with Crippen molar-refractivity contribution in [2.75, 3.05) is 18.1 Å². The fraction of sp³-hybridized carbons (Fsp3) is 0.381. The Hall–Kier alpha value is -2.69. The van der Waals surface area contributed by atoms with Crippen molar-refractivity contribution >= 4 is 28.1 Å². The molecular formula is C21H18F5NO4S. The van der Waals surface area contributed by atoms with Crippen molar-refractivity contribution in [3.8, 4) is 5.75 Å². The fourth-order valence-corrected chi connectivity index (χ4v) is 4.70. The van der Waals surface area contributed by atoms with Gasteiger partial charge in [0.05, 0.1) is 16.1 Å². The molecule has 172 valence electrons. The monoisotopic (exact) mass is 475 g/mol. The van der Waals surface area contributed by atoms with E-state index < -0.39 is 62.9 Å². The largest absolute Gasteiger partial charge is 0.492 e. The summed E-state index contributed by atoms with van der Waals surface area (Å²) in [5, 5.41) is 5.58. The molecule has 1 fully saturated rings. The molecule has 1 aliphatic heterocycles. The van der Waals surface area contributed by atoms with E-state index in [1.165, 1.54) is 4.90 Å². The highest BCUT2D eigenvalue weighted by Crippen LogP contribution is 2.49. The molecule has 0 aromatic heterocycles. The first kappa shape index (κ1) is 22.5. The molecule has 4 rings (SSSR count). The summed E-state index contributed by atoms with van der Waals surface area (Å²) in [4.78, 5) is 12.1. The van der Waals surface area contributed by atoms with Gasteiger partial charge in [-0.1, -0.05) is 18.2 Å². The SMILES string of the molecule is O=C(O)C1(COc2cc3c(cc2C(F)(F)F)N(c2ccccc2)CCC(F)(F)S3=O)CC1. The molecule has 0 spiro atoms. The van der Waals surface area contributed by atoms with Crippen LogP contribution in [0.5, 0.6) is 5.75 Å². The van der Waals surface area contributed by atoms with E-state index in [0.29, 0.717) is 17.8 Å². The van der Waals surface area contributed by atoms with Crippen molar-refractivity contribution in [2.45, 2.75) is 35.6 Å². The van der Waals surface area contributed by atoms with Crippen molar-refractivity contribution in [3.05, 3.63) is 48.0 Å². The van der Waals surface area contributed by atoms with E-state index in [1.54, 1.807) is 30.3 Å². The van der Waals surface area contributed by atoms with Gasteiger partial charge in [0.15, 0.2) is 0 Å². The predicted octanol–water partition coefficient (Wildman–Crippen LogP) is 5.19. The molecule has 0 amide bonds. The molecule has 0 radical (unpaired) electrons.